The van der Waals surface area contributed by atoms with Crippen LogP contribution in [0.25, 0.3) is 0 Å². The Bertz CT molecular complexity index is 403. The van der Waals surface area contributed by atoms with Crippen molar-refractivity contribution in [2.45, 2.75) is 6.61 Å². The van der Waals surface area contributed by atoms with Crippen LogP contribution in [0.5, 0.6) is 0 Å². The molecule has 5 heteroatoms. The van der Waals surface area contributed by atoms with Crippen molar-refractivity contribution in [3.05, 3.63) is 35.4 Å². The maximum Gasteiger partial charge on any atom is 0.0991 e. The second kappa shape index (κ2) is 11.4. The highest BCUT2D eigenvalue weighted by atomic mass is 16.6. The van der Waals surface area contributed by atoms with Gasteiger partial charge in [0.15, 0.2) is 0 Å². The predicted octanol–water partition coefficient (Wildman–Crippen LogP) is 1.75. The number of hydrogen-bond donors (Lipinski definition) is 0. The van der Waals surface area contributed by atoms with Crippen molar-refractivity contribution in [3.8, 4) is 6.07 Å². The fraction of sp³-hybridized carbons (Fsp3) is 0.533. The summed E-state index contributed by atoms with van der Waals surface area (Å²) in [5.41, 5.74) is 1.64. The van der Waals surface area contributed by atoms with Crippen molar-refractivity contribution in [2.75, 3.05) is 46.8 Å². The molecule has 0 aliphatic rings. The Balaban J connectivity index is 1.95. The van der Waals surface area contributed by atoms with E-state index in [1.165, 1.54) is 0 Å². The molecule has 5 nitrogen and oxygen atoms in total. The Morgan fingerprint density at radius 3 is 2.25 bits per heavy atom. The quantitative estimate of drug-likeness (QED) is 0.578. The number of nitrogens with zero attached hydrogens (tertiary/aromatic N) is 1. The van der Waals surface area contributed by atoms with Crippen molar-refractivity contribution < 1.29 is 18.9 Å². The third-order valence-corrected chi connectivity index (χ3v) is 2.50. The zero-order valence-corrected chi connectivity index (χ0v) is 11.8. The van der Waals surface area contributed by atoms with E-state index in [1.54, 1.807) is 13.2 Å². The third-order valence-electron chi connectivity index (χ3n) is 2.50. The fourth-order valence-electron chi connectivity index (χ4n) is 1.50. The Kier molecular flexibility index (Phi) is 9.45. The number of benzene rings is 1. The van der Waals surface area contributed by atoms with Crippen LogP contribution in [0.1, 0.15) is 11.1 Å². The molecule has 20 heavy (non-hydrogen) atoms. The molecule has 0 spiro atoms. The lowest BCUT2D eigenvalue weighted by Crippen LogP contribution is -2.11. The van der Waals surface area contributed by atoms with Crippen LogP contribution in [0.2, 0.25) is 0 Å². The molecule has 0 aliphatic carbocycles. The highest BCUT2D eigenvalue weighted by Gasteiger charge is 1.96. The van der Waals surface area contributed by atoms with Gasteiger partial charge in [0.25, 0.3) is 0 Å². The van der Waals surface area contributed by atoms with E-state index in [4.69, 9.17) is 24.2 Å². The van der Waals surface area contributed by atoms with Gasteiger partial charge in [-0.3, -0.25) is 0 Å². The molecule has 0 atom stereocenters. The molecule has 0 aromatic heterocycles. The number of hydrogen-bond acceptors (Lipinski definition) is 5. The van der Waals surface area contributed by atoms with E-state index in [2.05, 4.69) is 6.07 Å². The van der Waals surface area contributed by atoms with Crippen molar-refractivity contribution >= 4 is 0 Å². The number of ether oxygens (including phenoxy) is 4. The van der Waals surface area contributed by atoms with Crippen LogP contribution < -0.4 is 0 Å². The van der Waals surface area contributed by atoms with E-state index in [1.807, 2.05) is 18.2 Å². The minimum absolute atomic E-state index is 0.489. The van der Waals surface area contributed by atoms with Crippen molar-refractivity contribution in [1.29, 1.82) is 5.26 Å². The highest BCUT2D eigenvalue weighted by molar-refractivity contribution is 5.32. The van der Waals surface area contributed by atoms with Crippen molar-refractivity contribution in [2.24, 2.45) is 0 Å². The zero-order valence-electron chi connectivity index (χ0n) is 11.8. The van der Waals surface area contributed by atoms with Gasteiger partial charge in [-0.1, -0.05) is 12.1 Å². The van der Waals surface area contributed by atoms with Crippen LogP contribution in [-0.4, -0.2) is 46.8 Å². The number of rotatable bonds is 11. The molecule has 0 bridgehead atoms. The number of methoxy groups -OCH3 is 1. The first-order valence-corrected chi connectivity index (χ1v) is 6.58. The Labute approximate surface area is 120 Å². The van der Waals surface area contributed by atoms with Gasteiger partial charge in [-0.15, -0.1) is 0 Å². The third kappa shape index (κ3) is 7.87. The van der Waals surface area contributed by atoms with Gasteiger partial charge in [-0.2, -0.15) is 5.26 Å². The molecule has 0 N–H and O–H groups in total. The first kappa shape index (κ1) is 16.6. The molecule has 0 saturated carbocycles. The van der Waals surface area contributed by atoms with E-state index < -0.39 is 0 Å². The lowest BCUT2D eigenvalue weighted by atomic mass is 10.1. The molecule has 0 aliphatic heterocycles. The normalized spacial score (nSPS) is 10.4. The molecular weight excluding hydrogens is 258 g/mol. The van der Waals surface area contributed by atoms with E-state index in [0.717, 1.165) is 5.56 Å². The molecule has 0 saturated heterocycles. The largest absolute Gasteiger partial charge is 0.382 e. The molecule has 110 valence electrons. The van der Waals surface area contributed by atoms with E-state index in [0.29, 0.717) is 51.8 Å². The number of nitriles is 1. The van der Waals surface area contributed by atoms with Gasteiger partial charge >= 0.3 is 0 Å². The predicted molar refractivity (Wildman–Crippen MR) is 74.3 cm³/mol. The van der Waals surface area contributed by atoms with Crippen LogP contribution in [0.3, 0.4) is 0 Å². The summed E-state index contributed by atoms with van der Waals surface area (Å²) in [4.78, 5) is 0. The van der Waals surface area contributed by atoms with Crippen LogP contribution in [-0.2, 0) is 25.6 Å². The van der Waals surface area contributed by atoms with Gasteiger partial charge in [0.1, 0.15) is 0 Å². The summed E-state index contributed by atoms with van der Waals surface area (Å²) in [7, 11) is 1.64. The summed E-state index contributed by atoms with van der Waals surface area (Å²) in [6, 6.07) is 9.49. The first-order chi connectivity index (χ1) is 9.86. The molecule has 0 amide bonds. The van der Waals surface area contributed by atoms with Crippen LogP contribution >= 0.6 is 0 Å². The second-order valence-electron chi connectivity index (χ2n) is 4.08. The van der Waals surface area contributed by atoms with Gasteiger partial charge in [0.05, 0.1) is 57.9 Å². The van der Waals surface area contributed by atoms with Crippen molar-refractivity contribution in [3.63, 3.8) is 0 Å². The summed E-state index contributed by atoms with van der Waals surface area (Å²) in [6.45, 7) is 3.85. The summed E-state index contributed by atoms with van der Waals surface area (Å²) >= 11 is 0. The second-order valence-corrected chi connectivity index (χ2v) is 4.08. The standard InChI is InChI=1S/C15H21NO4/c1-17-5-6-18-7-8-19-9-10-20-13-15-4-2-3-14(11-15)12-16/h2-4,11H,5-10,13H2,1H3. The van der Waals surface area contributed by atoms with Crippen LogP contribution in [0, 0.1) is 11.3 Å². The minimum atomic E-state index is 0.489. The first-order valence-electron chi connectivity index (χ1n) is 6.58. The average molecular weight is 279 g/mol. The SMILES string of the molecule is COCCOCCOCCOCc1cccc(C#N)c1. The van der Waals surface area contributed by atoms with Gasteiger partial charge in [-0.25, -0.2) is 0 Å². The smallest absolute Gasteiger partial charge is 0.0991 e. The molecule has 0 radical (unpaired) electrons. The van der Waals surface area contributed by atoms with E-state index in [-0.39, 0.29) is 0 Å². The molecule has 0 fully saturated rings. The molecule has 1 rings (SSSR count). The molecule has 0 unspecified atom stereocenters. The summed E-state index contributed by atoms with van der Waals surface area (Å²) in [5.74, 6) is 0. The maximum absolute atomic E-state index is 8.78. The topological polar surface area (TPSA) is 60.7 Å². The Morgan fingerprint density at radius 2 is 1.60 bits per heavy atom. The average Bonchev–Trinajstić information content (AvgIpc) is 2.49. The summed E-state index contributed by atoms with van der Waals surface area (Å²) < 4.78 is 20.9. The summed E-state index contributed by atoms with van der Waals surface area (Å²) in [6.07, 6.45) is 0. The van der Waals surface area contributed by atoms with Gasteiger partial charge < -0.3 is 18.9 Å². The van der Waals surface area contributed by atoms with E-state index >= 15 is 0 Å². The monoisotopic (exact) mass is 279 g/mol. The minimum Gasteiger partial charge on any atom is -0.382 e. The molecule has 1 aromatic carbocycles. The van der Waals surface area contributed by atoms with E-state index in [9.17, 15) is 0 Å². The zero-order chi connectivity index (χ0) is 14.5. The molecule has 0 heterocycles. The lowest BCUT2D eigenvalue weighted by molar-refractivity contribution is 0.000867. The highest BCUT2D eigenvalue weighted by Crippen LogP contribution is 2.05. The van der Waals surface area contributed by atoms with Crippen molar-refractivity contribution in [1.82, 2.24) is 0 Å². The lowest BCUT2D eigenvalue weighted by Gasteiger charge is -2.07. The Hall–Kier alpha value is -1.45. The van der Waals surface area contributed by atoms with Gasteiger partial charge in [0, 0.05) is 7.11 Å². The van der Waals surface area contributed by atoms with Crippen LogP contribution in [0.4, 0.5) is 0 Å². The molecule has 1 aromatic rings. The maximum atomic E-state index is 8.78. The van der Waals surface area contributed by atoms with Gasteiger partial charge in [-0.05, 0) is 17.7 Å². The summed E-state index contributed by atoms with van der Waals surface area (Å²) in [5, 5.41) is 8.78. The fourth-order valence-corrected chi connectivity index (χ4v) is 1.50. The Morgan fingerprint density at radius 1 is 0.950 bits per heavy atom. The van der Waals surface area contributed by atoms with Crippen LogP contribution in [0.15, 0.2) is 24.3 Å². The molecular formula is C15H21NO4. The van der Waals surface area contributed by atoms with Gasteiger partial charge in [0.2, 0.25) is 0 Å².